The van der Waals surface area contributed by atoms with Gasteiger partial charge in [0, 0.05) is 17.2 Å². The van der Waals surface area contributed by atoms with Crippen LogP contribution in [-0.2, 0) is 4.79 Å². The molecule has 3 rings (SSSR count). The molecule has 18 heavy (non-hydrogen) atoms. The molecule has 0 amide bonds. The maximum Gasteiger partial charge on any atom is 0.131 e. The minimum Gasteiger partial charge on any atom is -0.507 e. The summed E-state index contributed by atoms with van der Waals surface area (Å²) in [6.45, 7) is 0.358. The maximum absolute atomic E-state index is 11.0. The van der Waals surface area contributed by atoms with Gasteiger partial charge in [0.25, 0.3) is 0 Å². The van der Waals surface area contributed by atoms with Crippen molar-refractivity contribution >= 4 is 6.29 Å². The summed E-state index contributed by atoms with van der Waals surface area (Å²) in [6.07, 6.45) is 0.887. The molecule has 0 aromatic heterocycles. The van der Waals surface area contributed by atoms with Gasteiger partial charge in [0.1, 0.15) is 24.4 Å². The van der Waals surface area contributed by atoms with Crippen LogP contribution in [0.25, 0.3) is 11.1 Å². The average Bonchev–Trinajstić information content (AvgIpc) is 2.80. The van der Waals surface area contributed by atoms with Gasteiger partial charge in [-0.1, -0.05) is 30.3 Å². The molecule has 3 nitrogen and oxygen atoms in total. The highest BCUT2D eigenvalue weighted by molar-refractivity contribution is 5.76. The Kier molecular flexibility index (Phi) is 2.52. The quantitative estimate of drug-likeness (QED) is 0.821. The molecule has 1 unspecified atom stereocenters. The summed E-state index contributed by atoms with van der Waals surface area (Å²) in [7, 11) is 0. The third kappa shape index (κ3) is 1.64. The lowest BCUT2D eigenvalue weighted by Crippen LogP contribution is -2.00. The zero-order valence-electron chi connectivity index (χ0n) is 9.67. The van der Waals surface area contributed by atoms with Crippen molar-refractivity contribution in [2.75, 3.05) is 6.61 Å². The van der Waals surface area contributed by atoms with Crippen molar-refractivity contribution in [3.63, 3.8) is 0 Å². The van der Waals surface area contributed by atoms with E-state index in [1.165, 1.54) is 0 Å². The number of carbonyl (C=O) groups excluding carboxylic acids is 1. The molecule has 0 bridgehead atoms. The summed E-state index contributed by atoms with van der Waals surface area (Å²) >= 11 is 0. The van der Waals surface area contributed by atoms with E-state index in [9.17, 15) is 9.90 Å². The van der Waals surface area contributed by atoms with E-state index in [1.54, 1.807) is 6.07 Å². The Labute approximate surface area is 105 Å². The number of hydrogen-bond acceptors (Lipinski definition) is 3. The molecule has 2 aromatic carbocycles. The molecule has 0 saturated carbocycles. The number of aromatic hydroxyl groups is 1. The first-order chi connectivity index (χ1) is 8.79. The van der Waals surface area contributed by atoms with Gasteiger partial charge < -0.3 is 14.6 Å². The summed E-state index contributed by atoms with van der Waals surface area (Å²) in [5.41, 5.74) is 2.50. The molecule has 1 atom stereocenters. The van der Waals surface area contributed by atoms with Gasteiger partial charge >= 0.3 is 0 Å². The molecule has 1 N–H and O–H groups in total. The fourth-order valence-electron chi connectivity index (χ4n) is 2.23. The Morgan fingerprint density at radius 3 is 2.72 bits per heavy atom. The molecule has 1 aliphatic heterocycles. The predicted octanol–water partition coefficient (Wildman–Crippen LogP) is 2.73. The Bertz CT molecular complexity index is 590. The largest absolute Gasteiger partial charge is 0.507 e. The fraction of sp³-hybridized carbons (Fsp3) is 0.133. The SMILES string of the molecule is O=CC1COc2cc(O)c(-c3ccccc3)cc21. The minimum atomic E-state index is -0.233. The standard InChI is InChI=1S/C15H12O3/c16-8-11-9-18-15-7-14(17)12(6-13(11)15)10-4-2-1-3-5-10/h1-8,11,17H,9H2. The van der Waals surface area contributed by atoms with Gasteiger partial charge in [-0.15, -0.1) is 0 Å². The van der Waals surface area contributed by atoms with Crippen LogP contribution in [-0.4, -0.2) is 18.0 Å². The highest BCUT2D eigenvalue weighted by atomic mass is 16.5. The number of ether oxygens (including phenoxy) is 1. The second-order valence-corrected chi connectivity index (χ2v) is 4.33. The van der Waals surface area contributed by atoms with Gasteiger partial charge in [-0.25, -0.2) is 0 Å². The number of benzene rings is 2. The topological polar surface area (TPSA) is 46.5 Å². The van der Waals surface area contributed by atoms with Crippen LogP contribution in [0, 0.1) is 0 Å². The molecule has 2 aromatic rings. The second kappa shape index (κ2) is 4.18. The van der Waals surface area contributed by atoms with Crippen LogP contribution in [0.2, 0.25) is 0 Å². The molecule has 90 valence electrons. The fourth-order valence-corrected chi connectivity index (χ4v) is 2.23. The zero-order chi connectivity index (χ0) is 12.5. The van der Waals surface area contributed by atoms with E-state index >= 15 is 0 Å². The summed E-state index contributed by atoms with van der Waals surface area (Å²) in [5, 5.41) is 10.0. The molecule has 0 fully saturated rings. The summed E-state index contributed by atoms with van der Waals surface area (Å²) < 4.78 is 5.38. The first kappa shape index (κ1) is 10.8. The van der Waals surface area contributed by atoms with Crippen molar-refractivity contribution in [2.45, 2.75) is 5.92 Å². The van der Waals surface area contributed by atoms with E-state index in [1.807, 2.05) is 36.4 Å². The van der Waals surface area contributed by atoms with Gasteiger partial charge in [-0.3, -0.25) is 0 Å². The molecule has 1 heterocycles. The molecule has 0 spiro atoms. The van der Waals surface area contributed by atoms with E-state index < -0.39 is 0 Å². The van der Waals surface area contributed by atoms with Gasteiger partial charge in [-0.2, -0.15) is 0 Å². The first-order valence-corrected chi connectivity index (χ1v) is 5.80. The Hall–Kier alpha value is -2.29. The second-order valence-electron chi connectivity index (χ2n) is 4.33. The van der Waals surface area contributed by atoms with Crippen molar-refractivity contribution in [3.05, 3.63) is 48.0 Å². The highest BCUT2D eigenvalue weighted by Crippen LogP contribution is 2.41. The predicted molar refractivity (Wildman–Crippen MR) is 67.8 cm³/mol. The van der Waals surface area contributed by atoms with Crippen LogP contribution in [0.15, 0.2) is 42.5 Å². The Morgan fingerprint density at radius 1 is 1.22 bits per heavy atom. The van der Waals surface area contributed by atoms with Crippen LogP contribution >= 0.6 is 0 Å². The number of carbonyl (C=O) groups is 1. The molecular weight excluding hydrogens is 228 g/mol. The monoisotopic (exact) mass is 240 g/mol. The van der Waals surface area contributed by atoms with E-state index in [0.717, 1.165) is 23.0 Å². The minimum absolute atomic E-state index is 0.173. The number of hydrogen-bond donors (Lipinski definition) is 1. The summed E-state index contributed by atoms with van der Waals surface area (Å²) in [4.78, 5) is 11.0. The molecule has 3 heteroatoms. The Morgan fingerprint density at radius 2 is 2.00 bits per heavy atom. The van der Waals surface area contributed by atoms with E-state index in [0.29, 0.717) is 12.4 Å². The maximum atomic E-state index is 11.0. The van der Waals surface area contributed by atoms with Crippen molar-refractivity contribution < 1.29 is 14.6 Å². The first-order valence-electron chi connectivity index (χ1n) is 5.80. The van der Waals surface area contributed by atoms with Crippen LogP contribution in [0.4, 0.5) is 0 Å². The lowest BCUT2D eigenvalue weighted by Gasteiger charge is -2.08. The van der Waals surface area contributed by atoms with Gasteiger partial charge in [0.15, 0.2) is 0 Å². The van der Waals surface area contributed by atoms with Gasteiger partial charge in [0.05, 0.1) is 5.92 Å². The normalized spacial score (nSPS) is 17.0. The number of phenolic OH excluding ortho intramolecular Hbond substituents is 1. The summed E-state index contributed by atoms with van der Waals surface area (Å²) in [5.74, 6) is 0.541. The smallest absolute Gasteiger partial charge is 0.131 e. The van der Waals surface area contributed by atoms with E-state index in [2.05, 4.69) is 0 Å². The number of phenols is 1. The molecule has 0 saturated heterocycles. The average molecular weight is 240 g/mol. The van der Waals surface area contributed by atoms with Crippen molar-refractivity contribution in [1.29, 1.82) is 0 Å². The van der Waals surface area contributed by atoms with E-state index in [-0.39, 0.29) is 11.7 Å². The number of fused-ring (bicyclic) bond motifs is 1. The molecular formula is C15H12O3. The highest BCUT2D eigenvalue weighted by Gasteiger charge is 2.25. The van der Waals surface area contributed by atoms with E-state index in [4.69, 9.17) is 4.74 Å². The third-order valence-corrected chi connectivity index (χ3v) is 3.20. The van der Waals surface area contributed by atoms with Gasteiger partial charge in [-0.05, 0) is 11.6 Å². The number of aldehydes is 1. The molecule has 0 aliphatic carbocycles. The van der Waals surface area contributed by atoms with Gasteiger partial charge in [0.2, 0.25) is 0 Å². The lowest BCUT2D eigenvalue weighted by molar-refractivity contribution is -0.109. The number of rotatable bonds is 2. The van der Waals surface area contributed by atoms with Crippen molar-refractivity contribution in [1.82, 2.24) is 0 Å². The zero-order valence-corrected chi connectivity index (χ0v) is 9.67. The lowest BCUT2D eigenvalue weighted by atomic mass is 9.96. The van der Waals surface area contributed by atoms with Crippen LogP contribution in [0.3, 0.4) is 0 Å². The van der Waals surface area contributed by atoms with Crippen LogP contribution < -0.4 is 4.74 Å². The van der Waals surface area contributed by atoms with Crippen LogP contribution in [0.5, 0.6) is 11.5 Å². The molecule has 0 radical (unpaired) electrons. The van der Waals surface area contributed by atoms with Crippen molar-refractivity contribution in [2.24, 2.45) is 0 Å². The van der Waals surface area contributed by atoms with Crippen molar-refractivity contribution in [3.8, 4) is 22.6 Å². The third-order valence-electron chi connectivity index (χ3n) is 3.20. The summed E-state index contributed by atoms with van der Waals surface area (Å²) in [6, 6.07) is 13.0. The van der Waals surface area contributed by atoms with Crippen LogP contribution in [0.1, 0.15) is 11.5 Å². The Balaban J connectivity index is 2.15. The molecule has 1 aliphatic rings.